The van der Waals surface area contributed by atoms with E-state index in [0.717, 1.165) is 30.3 Å². The molecule has 0 spiro atoms. The highest BCUT2D eigenvalue weighted by Gasteiger charge is 2.48. The van der Waals surface area contributed by atoms with Crippen LogP contribution in [0.1, 0.15) is 24.8 Å². The van der Waals surface area contributed by atoms with Gasteiger partial charge in [-0.2, -0.15) is 0 Å². The molecule has 1 N–H and O–H groups in total. The molecule has 0 saturated carbocycles. The van der Waals surface area contributed by atoms with Crippen molar-refractivity contribution in [3.05, 3.63) is 33.3 Å². The first kappa shape index (κ1) is 13.4. The van der Waals surface area contributed by atoms with Gasteiger partial charge < -0.3 is 5.11 Å². The number of hydrogen-bond donors (Lipinski definition) is 1. The molecule has 1 aromatic carbocycles. The maximum Gasteiger partial charge on any atom is 0.308 e. The van der Waals surface area contributed by atoms with Gasteiger partial charge in [0, 0.05) is 23.1 Å². The van der Waals surface area contributed by atoms with Crippen molar-refractivity contribution in [3.63, 3.8) is 0 Å². The lowest BCUT2D eigenvalue weighted by atomic mass is 9.89. The number of hydrogen-bond acceptors (Lipinski definition) is 2. The van der Waals surface area contributed by atoms with E-state index in [1.807, 2.05) is 18.2 Å². The number of halogens is 2. The Balaban J connectivity index is 1.77. The molecule has 3 unspecified atom stereocenters. The van der Waals surface area contributed by atoms with Crippen molar-refractivity contribution < 1.29 is 9.90 Å². The molecule has 2 aliphatic heterocycles. The zero-order chi connectivity index (χ0) is 13.6. The number of nitrogens with zero attached hydrogens (tertiary/aromatic N) is 1. The molecule has 2 saturated heterocycles. The van der Waals surface area contributed by atoms with E-state index in [4.69, 9.17) is 11.6 Å². The fraction of sp³-hybridized carbons (Fsp3) is 0.500. The van der Waals surface area contributed by atoms with Gasteiger partial charge in [-0.05, 0) is 52.9 Å². The van der Waals surface area contributed by atoms with Gasteiger partial charge in [-0.1, -0.05) is 17.7 Å². The van der Waals surface area contributed by atoms with Gasteiger partial charge in [0.15, 0.2) is 0 Å². The van der Waals surface area contributed by atoms with Gasteiger partial charge >= 0.3 is 5.97 Å². The van der Waals surface area contributed by atoms with Crippen LogP contribution in [0.25, 0.3) is 0 Å². The van der Waals surface area contributed by atoms with Crippen LogP contribution in [0.5, 0.6) is 0 Å². The largest absolute Gasteiger partial charge is 0.481 e. The van der Waals surface area contributed by atoms with Crippen LogP contribution in [0.2, 0.25) is 5.02 Å². The second-order valence-corrected chi connectivity index (χ2v) is 6.66. The molecule has 0 radical (unpaired) electrons. The molecule has 2 bridgehead atoms. The van der Waals surface area contributed by atoms with E-state index < -0.39 is 5.97 Å². The van der Waals surface area contributed by atoms with Crippen LogP contribution in [0.15, 0.2) is 22.7 Å². The van der Waals surface area contributed by atoms with Crippen LogP contribution in [-0.2, 0) is 11.3 Å². The molecule has 3 nitrogen and oxygen atoms in total. The number of carboxylic acids is 1. The van der Waals surface area contributed by atoms with Gasteiger partial charge in [-0.15, -0.1) is 0 Å². The lowest BCUT2D eigenvalue weighted by Crippen LogP contribution is -2.32. The quantitative estimate of drug-likeness (QED) is 0.912. The van der Waals surface area contributed by atoms with Crippen LogP contribution >= 0.6 is 27.5 Å². The Morgan fingerprint density at radius 1 is 1.47 bits per heavy atom. The Kier molecular flexibility index (Phi) is 3.58. The van der Waals surface area contributed by atoms with Gasteiger partial charge in [0.25, 0.3) is 0 Å². The number of aliphatic carboxylic acids is 1. The molecule has 0 amide bonds. The topological polar surface area (TPSA) is 40.5 Å². The second-order valence-electron chi connectivity index (χ2n) is 5.40. The van der Waals surface area contributed by atoms with E-state index in [1.165, 1.54) is 5.56 Å². The lowest BCUT2D eigenvalue weighted by Gasteiger charge is -2.22. The van der Waals surface area contributed by atoms with Gasteiger partial charge in [0.05, 0.1) is 10.9 Å². The highest BCUT2D eigenvalue weighted by molar-refractivity contribution is 9.10. The van der Waals surface area contributed by atoms with Gasteiger partial charge in [-0.3, -0.25) is 9.69 Å². The Labute approximate surface area is 125 Å². The number of fused-ring (bicyclic) bond motifs is 2. The first-order chi connectivity index (χ1) is 9.06. The molecular formula is C14H15BrClNO2. The van der Waals surface area contributed by atoms with Crippen molar-refractivity contribution in [2.75, 3.05) is 0 Å². The zero-order valence-electron chi connectivity index (χ0n) is 10.4. The molecule has 0 aromatic heterocycles. The van der Waals surface area contributed by atoms with Crippen LogP contribution in [-0.4, -0.2) is 28.1 Å². The Morgan fingerprint density at radius 2 is 2.26 bits per heavy atom. The fourth-order valence-corrected chi connectivity index (χ4v) is 4.01. The van der Waals surface area contributed by atoms with Gasteiger partial charge in [0.1, 0.15) is 0 Å². The molecule has 2 fully saturated rings. The minimum atomic E-state index is -0.644. The second kappa shape index (κ2) is 5.08. The summed E-state index contributed by atoms with van der Waals surface area (Å²) >= 11 is 9.43. The summed E-state index contributed by atoms with van der Waals surface area (Å²) < 4.78 is 0.896. The van der Waals surface area contributed by atoms with Gasteiger partial charge in [-0.25, -0.2) is 0 Å². The SMILES string of the molecule is O=C(O)C1CC2CCC1N2Cc1ccc(Cl)c(Br)c1. The third kappa shape index (κ3) is 2.41. The summed E-state index contributed by atoms with van der Waals surface area (Å²) in [4.78, 5) is 13.6. The molecular weight excluding hydrogens is 330 g/mol. The summed E-state index contributed by atoms with van der Waals surface area (Å²) in [6, 6.07) is 6.56. The first-order valence-corrected chi connectivity index (χ1v) is 7.66. The van der Waals surface area contributed by atoms with Crippen molar-refractivity contribution in [2.45, 2.75) is 37.9 Å². The third-order valence-electron chi connectivity index (χ3n) is 4.35. The summed E-state index contributed by atoms with van der Waals surface area (Å²) in [5, 5.41) is 9.95. The van der Waals surface area contributed by atoms with Crippen molar-refractivity contribution in [2.24, 2.45) is 5.92 Å². The minimum Gasteiger partial charge on any atom is -0.481 e. The maximum atomic E-state index is 11.2. The Hall–Kier alpha value is -0.580. The molecule has 1 aromatic rings. The minimum absolute atomic E-state index is 0.186. The van der Waals surface area contributed by atoms with E-state index in [2.05, 4.69) is 20.8 Å². The predicted molar refractivity (Wildman–Crippen MR) is 77.2 cm³/mol. The Bertz CT molecular complexity index is 522. The Morgan fingerprint density at radius 3 is 2.89 bits per heavy atom. The van der Waals surface area contributed by atoms with Crippen LogP contribution in [0.3, 0.4) is 0 Å². The molecule has 19 heavy (non-hydrogen) atoms. The first-order valence-electron chi connectivity index (χ1n) is 6.48. The lowest BCUT2D eigenvalue weighted by molar-refractivity contribution is -0.142. The highest BCUT2D eigenvalue weighted by atomic mass is 79.9. The van der Waals surface area contributed by atoms with E-state index in [0.29, 0.717) is 11.1 Å². The number of benzene rings is 1. The number of rotatable bonds is 3. The van der Waals surface area contributed by atoms with Crippen molar-refractivity contribution in [1.29, 1.82) is 0 Å². The summed E-state index contributed by atoms with van der Waals surface area (Å²) in [5.41, 5.74) is 1.18. The van der Waals surface area contributed by atoms with Crippen LogP contribution in [0, 0.1) is 5.92 Å². The molecule has 3 atom stereocenters. The third-order valence-corrected chi connectivity index (χ3v) is 5.56. The van der Waals surface area contributed by atoms with E-state index >= 15 is 0 Å². The average Bonchev–Trinajstić information content (AvgIpc) is 2.91. The van der Waals surface area contributed by atoms with Crippen molar-refractivity contribution >= 4 is 33.5 Å². The fourth-order valence-electron chi connectivity index (χ4n) is 3.46. The number of carbonyl (C=O) groups is 1. The monoisotopic (exact) mass is 343 g/mol. The summed E-state index contributed by atoms with van der Waals surface area (Å²) in [6.45, 7) is 0.814. The summed E-state index contributed by atoms with van der Waals surface area (Å²) in [5.74, 6) is -0.830. The van der Waals surface area contributed by atoms with Crippen molar-refractivity contribution in [3.8, 4) is 0 Å². The zero-order valence-corrected chi connectivity index (χ0v) is 12.7. The normalized spacial score (nSPS) is 29.9. The van der Waals surface area contributed by atoms with Crippen LogP contribution < -0.4 is 0 Å². The highest BCUT2D eigenvalue weighted by Crippen LogP contribution is 2.42. The average molecular weight is 345 g/mol. The summed E-state index contributed by atoms with van der Waals surface area (Å²) in [6.07, 6.45) is 2.94. The van der Waals surface area contributed by atoms with Gasteiger partial charge in [0.2, 0.25) is 0 Å². The smallest absolute Gasteiger partial charge is 0.308 e. The summed E-state index contributed by atoms with van der Waals surface area (Å²) in [7, 11) is 0. The molecule has 3 rings (SSSR count). The number of carboxylic acid groups (broad SMARTS) is 1. The molecule has 2 heterocycles. The molecule has 0 aliphatic carbocycles. The molecule has 102 valence electrons. The van der Waals surface area contributed by atoms with E-state index in [-0.39, 0.29) is 12.0 Å². The van der Waals surface area contributed by atoms with Crippen LogP contribution in [0.4, 0.5) is 0 Å². The van der Waals surface area contributed by atoms with E-state index in [9.17, 15) is 9.90 Å². The van der Waals surface area contributed by atoms with E-state index in [1.54, 1.807) is 0 Å². The maximum absolute atomic E-state index is 11.2. The molecule has 5 heteroatoms. The molecule has 2 aliphatic rings. The predicted octanol–water partition coefficient (Wildman–Crippen LogP) is 3.54. The van der Waals surface area contributed by atoms with Crippen molar-refractivity contribution in [1.82, 2.24) is 4.90 Å². The standard InChI is InChI=1S/C14H15BrClNO2/c15-11-5-8(1-3-12(11)16)7-17-9-2-4-13(17)10(6-9)14(18)19/h1,3,5,9-10,13H,2,4,6-7H2,(H,18,19).